The Hall–Kier alpha value is -1.30. The van der Waals surface area contributed by atoms with Gasteiger partial charge in [0.2, 0.25) is 0 Å². The van der Waals surface area contributed by atoms with E-state index >= 15 is 0 Å². The number of methoxy groups -OCH3 is 1. The van der Waals surface area contributed by atoms with Crippen LogP contribution in [0.15, 0.2) is 34.9 Å². The Morgan fingerprint density at radius 1 is 1.35 bits per heavy atom. The maximum atomic E-state index is 9.38. The van der Waals surface area contributed by atoms with Crippen molar-refractivity contribution in [2.24, 2.45) is 0 Å². The molecule has 4 nitrogen and oxygen atoms in total. The highest BCUT2D eigenvalue weighted by atomic mass is 79.9. The van der Waals surface area contributed by atoms with Crippen molar-refractivity contribution in [1.29, 1.82) is 0 Å². The number of aromatic nitrogens is 1. The Kier molecular flexibility index (Phi) is 5.23. The first-order valence-electron chi connectivity index (χ1n) is 5.84. The zero-order chi connectivity index (χ0) is 14.5. The van der Waals surface area contributed by atoms with Crippen molar-refractivity contribution in [2.45, 2.75) is 13.2 Å². The van der Waals surface area contributed by atoms with Crippen molar-refractivity contribution < 1.29 is 14.6 Å². The predicted molar refractivity (Wildman–Crippen MR) is 80.2 cm³/mol. The molecule has 0 fully saturated rings. The number of pyridine rings is 1. The predicted octanol–water partition coefficient (Wildman–Crippen LogP) is 3.58. The highest BCUT2D eigenvalue weighted by Crippen LogP contribution is 2.35. The van der Waals surface area contributed by atoms with Crippen LogP contribution < -0.4 is 9.47 Å². The van der Waals surface area contributed by atoms with Gasteiger partial charge < -0.3 is 14.6 Å². The third-order valence-electron chi connectivity index (χ3n) is 2.64. The molecule has 2 aromatic rings. The first-order chi connectivity index (χ1) is 9.63. The van der Waals surface area contributed by atoms with Gasteiger partial charge in [-0.2, -0.15) is 0 Å². The van der Waals surface area contributed by atoms with E-state index in [4.69, 9.17) is 21.1 Å². The molecule has 0 bridgehead atoms. The van der Waals surface area contributed by atoms with E-state index in [0.717, 1.165) is 10.2 Å². The lowest BCUT2D eigenvalue weighted by molar-refractivity contribution is 0.248. The van der Waals surface area contributed by atoms with Crippen LogP contribution in [-0.2, 0) is 13.2 Å². The van der Waals surface area contributed by atoms with Crippen molar-refractivity contribution in [2.75, 3.05) is 7.11 Å². The van der Waals surface area contributed by atoms with Gasteiger partial charge in [-0.15, -0.1) is 0 Å². The monoisotopic (exact) mass is 357 g/mol. The summed E-state index contributed by atoms with van der Waals surface area (Å²) in [5, 5.41) is 9.87. The van der Waals surface area contributed by atoms with Gasteiger partial charge in [-0.05, 0) is 34.1 Å². The highest BCUT2D eigenvalue weighted by molar-refractivity contribution is 9.10. The molecule has 6 heteroatoms. The second kappa shape index (κ2) is 6.92. The minimum absolute atomic E-state index is 0.181. The Morgan fingerprint density at radius 3 is 2.75 bits per heavy atom. The number of nitrogens with zero attached hydrogens (tertiary/aromatic N) is 1. The number of ether oxygens (including phenoxy) is 2. The first kappa shape index (κ1) is 15.1. The lowest BCUT2D eigenvalue weighted by atomic mass is 10.2. The number of halogens is 2. The molecule has 0 saturated heterocycles. The molecule has 0 saturated carbocycles. The maximum absolute atomic E-state index is 9.38. The molecule has 0 aliphatic rings. The average Bonchev–Trinajstić information content (AvgIpc) is 2.46. The topological polar surface area (TPSA) is 51.6 Å². The molecule has 0 amide bonds. The van der Waals surface area contributed by atoms with Gasteiger partial charge >= 0.3 is 0 Å². The van der Waals surface area contributed by atoms with Crippen LogP contribution in [0.5, 0.6) is 11.5 Å². The molecule has 0 radical (unpaired) electrons. The molecule has 0 aliphatic carbocycles. The smallest absolute Gasteiger partial charge is 0.167 e. The first-order valence-corrected chi connectivity index (χ1v) is 7.01. The summed E-state index contributed by atoms with van der Waals surface area (Å²) in [5.41, 5.74) is 1.35. The van der Waals surface area contributed by atoms with E-state index in [1.165, 1.54) is 7.11 Å². The summed E-state index contributed by atoms with van der Waals surface area (Å²) < 4.78 is 11.8. The molecule has 1 aromatic heterocycles. The van der Waals surface area contributed by atoms with E-state index in [2.05, 4.69) is 20.9 Å². The van der Waals surface area contributed by atoms with Gasteiger partial charge in [0.05, 0.1) is 19.4 Å². The van der Waals surface area contributed by atoms with Gasteiger partial charge in [0, 0.05) is 27.3 Å². The maximum Gasteiger partial charge on any atom is 0.167 e. The quantitative estimate of drug-likeness (QED) is 0.887. The Balaban J connectivity index is 2.21. The van der Waals surface area contributed by atoms with Crippen molar-refractivity contribution >= 4 is 27.5 Å². The average molecular weight is 359 g/mol. The number of benzene rings is 1. The summed E-state index contributed by atoms with van der Waals surface area (Å²) in [6.45, 7) is 0.0955. The van der Waals surface area contributed by atoms with Crippen LogP contribution in [0.3, 0.4) is 0 Å². The van der Waals surface area contributed by atoms with Crippen LogP contribution in [0.2, 0.25) is 5.02 Å². The Labute approximate surface area is 130 Å². The van der Waals surface area contributed by atoms with Gasteiger partial charge in [0.1, 0.15) is 6.61 Å². The van der Waals surface area contributed by atoms with Gasteiger partial charge in [-0.1, -0.05) is 11.6 Å². The van der Waals surface area contributed by atoms with E-state index in [0.29, 0.717) is 22.1 Å². The molecule has 0 atom stereocenters. The summed E-state index contributed by atoms with van der Waals surface area (Å²) in [5.74, 6) is 0.961. The van der Waals surface area contributed by atoms with Crippen molar-refractivity contribution in [3.05, 3.63) is 51.2 Å². The summed E-state index contributed by atoms with van der Waals surface area (Å²) in [6, 6.07) is 7.03. The molecule has 1 N–H and O–H groups in total. The van der Waals surface area contributed by atoms with Crippen LogP contribution >= 0.6 is 27.5 Å². The highest BCUT2D eigenvalue weighted by Gasteiger charge is 2.12. The minimum atomic E-state index is -0.181. The van der Waals surface area contributed by atoms with Crippen LogP contribution in [0.1, 0.15) is 11.3 Å². The summed E-state index contributed by atoms with van der Waals surface area (Å²) in [7, 11) is 1.53. The molecule has 0 unspecified atom stereocenters. The van der Waals surface area contributed by atoms with E-state index in [-0.39, 0.29) is 13.2 Å². The SMILES string of the molecule is COc1cc(Cl)cc(CO)c1OCc1ccc(Br)cn1. The van der Waals surface area contributed by atoms with E-state index in [1.54, 1.807) is 18.3 Å². The van der Waals surface area contributed by atoms with Gasteiger partial charge in [0.25, 0.3) is 0 Å². The van der Waals surface area contributed by atoms with Gasteiger partial charge in [-0.25, -0.2) is 0 Å². The molecule has 2 rings (SSSR count). The van der Waals surface area contributed by atoms with Gasteiger partial charge in [-0.3, -0.25) is 4.98 Å². The van der Waals surface area contributed by atoms with Crippen LogP contribution in [0, 0.1) is 0 Å². The van der Waals surface area contributed by atoms with Crippen molar-refractivity contribution in [3.8, 4) is 11.5 Å². The number of aliphatic hydroxyl groups excluding tert-OH is 1. The van der Waals surface area contributed by atoms with Crippen LogP contribution in [0.4, 0.5) is 0 Å². The third-order valence-corrected chi connectivity index (χ3v) is 3.33. The van der Waals surface area contributed by atoms with Crippen molar-refractivity contribution in [1.82, 2.24) is 4.98 Å². The van der Waals surface area contributed by atoms with Crippen molar-refractivity contribution in [3.63, 3.8) is 0 Å². The largest absolute Gasteiger partial charge is 0.493 e. The number of rotatable bonds is 5. The number of aliphatic hydroxyl groups is 1. The molecule has 0 spiro atoms. The fourth-order valence-electron chi connectivity index (χ4n) is 1.69. The summed E-state index contributed by atoms with van der Waals surface area (Å²) in [6.07, 6.45) is 1.70. The molecule has 20 heavy (non-hydrogen) atoms. The van der Waals surface area contributed by atoms with Gasteiger partial charge in [0.15, 0.2) is 11.5 Å². The number of hydrogen-bond donors (Lipinski definition) is 1. The standard InChI is InChI=1S/C14H13BrClNO3/c1-19-13-5-11(16)4-9(7-18)14(13)20-8-12-3-2-10(15)6-17-12/h2-6,18H,7-8H2,1H3. The van der Waals surface area contributed by atoms with E-state index in [1.807, 2.05) is 12.1 Å². The number of hydrogen-bond acceptors (Lipinski definition) is 4. The molecule has 0 aliphatic heterocycles. The lowest BCUT2D eigenvalue weighted by Crippen LogP contribution is -2.02. The summed E-state index contributed by atoms with van der Waals surface area (Å²) >= 11 is 9.27. The molecular weight excluding hydrogens is 346 g/mol. The molecule has 106 valence electrons. The normalized spacial score (nSPS) is 10.4. The molecular formula is C14H13BrClNO3. The fourth-order valence-corrected chi connectivity index (χ4v) is 2.16. The second-order valence-electron chi connectivity index (χ2n) is 4.01. The zero-order valence-electron chi connectivity index (χ0n) is 10.8. The van der Waals surface area contributed by atoms with E-state index < -0.39 is 0 Å². The third kappa shape index (κ3) is 3.62. The second-order valence-corrected chi connectivity index (χ2v) is 5.36. The lowest BCUT2D eigenvalue weighted by Gasteiger charge is -2.14. The summed E-state index contributed by atoms with van der Waals surface area (Å²) in [4.78, 5) is 4.22. The van der Waals surface area contributed by atoms with Crippen LogP contribution in [0.25, 0.3) is 0 Å². The minimum Gasteiger partial charge on any atom is -0.493 e. The molecule has 1 aromatic carbocycles. The fraction of sp³-hybridized carbons (Fsp3) is 0.214. The molecule has 1 heterocycles. The Morgan fingerprint density at radius 2 is 2.15 bits per heavy atom. The van der Waals surface area contributed by atoms with Crippen LogP contribution in [-0.4, -0.2) is 17.2 Å². The van der Waals surface area contributed by atoms with E-state index in [9.17, 15) is 5.11 Å². The zero-order valence-corrected chi connectivity index (χ0v) is 13.1. The Bertz CT molecular complexity index is 564.